The third-order valence-corrected chi connectivity index (χ3v) is 3.90. The SMILES string of the molecule is CN=C(NC=C(C)C)c1ccc2n[nH]c(C3C=COCC3)c2c1. The number of hydrogen-bond donors (Lipinski definition) is 2. The summed E-state index contributed by atoms with van der Waals surface area (Å²) in [5, 5.41) is 12.0. The number of rotatable bonds is 3. The third-order valence-electron chi connectivity index (χ3n) is 3.90. The highest BCUT2D eigenvalue weighted by Crippen LogP contribution is 2.29. The molecule has 1 aromatic carbocycles. The van der Waals surface area contributed by atoms with Crippen molar-refractivity contribution in [1.29, 1.82) is 0 Å². The molecule has 5 nitrogen and oxygen atoms in total. The quantitative estimate of drug-likeness (QED) is 0.674. The molecule has 0 radical (unpaired) electrons. The van der Waals surface area contributed by atoms with Crippen LogP contribution in [0.4, 0.5) is 0 Å². The van der Waals surface area contributed by atoms with Crippen LogP contribution in [0.15, 0.2) is 47.3 Å². The highest BCUT2D eigenvalue weighted by atomic mass is 16.5. The van der Waals surface area contributed by atoms with Gasteiger partial charge in [0.1, 0.15) is 5.84 Å². The first-order chi connectivity index (χ1) is 11.2. The van der Waals surface area contributed by atoms with Crippen LogP contribution in [0, 0.1) is 0 Å². The van der Waals surface area contributed by atoms with E-state index in [1.807, 2.05) is 18.3 Å². The van der Waals surface area contributed by atoms with E-state index in [1.54, 1.807) is 13.3 Å². The molecular formula is C18H22N4O. The normalized spacial score (nSPS) is 17.9. The first-order valence-electron chi connectivity index (χ1n) is 7.82. The summed E-state index contributed by atoms with van der Waals surface area (Å²) < 4.78 is 5.29. The summed E-state index contributed by atoms with van der Waals surface area (Å²) in [5.74, 6) is 1.17. The van der Waals surface area contributed by atoms with Gasteiger partial charge in [-0.1, -0.05) is 5.57 Å². The van der Waals surface area contributed by atoms with Gasteiger partial charge >= 0.3 is 0 Å². The molecule has 2 heterocycles. The average molecular weight is 310 g/mol. The molecule has 0 amide bonds. The molecule has 0 aliphatic carbocycles. The number of benzene rings is 1. The maximum Gasteiger partial charge on any atom is 0.132 e. The van der Waals surface area contributed by atoms with Gasteiger partial charge in [-0.3, -0.25) is 10.1 Å². The van der Waals surface area contributed by atoms with Crippen molar-refractivity contribution in [2.45, 2.75) is 26.2 Å². The Morgan fingerprint density at radius 2 is 2.30 bits per heavy atom. The highest BCUT2D eigenvalue weighted by Gasteiger charge is 2.18. The maximum atomic E-state index is 5.29. The molecule has 1 aliphatic heterocycles. The number of H-pyrrole nitrogens is 1. The van der Waals surface area contributed by atoms with Gasteiger partial charge in [0.25, 0.3) is 0 Å². The molecule has 2 N–H and O–H groups in total. The standard InChI is InChI=1S/C18H22N4O/c1-12(2)11-20-18(19-3)14-4-5-16-15(10-14)17(22-21-16)13-6-8-23-9-7-13/h4-6,8,10-11,13H,7,9H2,1-3H3,(H,19,20)(H,21,22). The van der Waals surface area contributed by atoms with Gasteiger partial charge in [0.05, 0.1) is 24.1 Å². The molecule has 0 saturated heterocycles. The van der Waals surface area contributed by atoms with Crippen LogP contribution in [0.3, 0.4) is 0 Å². The zero-order valence-electron chi connectivity index (χ0n) is 13.8. The van der Waals surface area contributed by atoms with E-state index in [0.29, 0.717) is 5.92 Å². The summed E-state index contributed by atoms with van der Waals surface area (Å²) in [6.07, 6.45) is 6.78. The van der Waals surface area contributed by atoms with Crippen molar-refractivity contribution in [2.24, 2.45) is 4.99 Å². The fourth-order valence-electron chi connectivity index (χ4n) is 2.70. The number of fused-ring (bicyclic) bond motifs is 1. The number of nitrogens with zero attached hydrogens (tertiary/aromatic N) is 2. The number of amidine groups is 1. The summed E-state index contributed by atoms with van der Waals surface area (Å²) in [7, 11) is 1.79. The average Bonchev–Trinajstić information content (AvgIpc) is 2.99. The lowest BCUT2D eigenvalue weighted by Gasteiger charge is -2.16. The largest absolute Gasteiger partial charge is 0.501 e. The predicted octanol–water partition coefficient (Wildman–Crippen LogP) is 3.47. The van der Waals surface area contributed by atoms with E-state index in [4.69, 9.17) is 4.74 Å². The fourth-order valence-corrected chi connectivity index (χ4v) is 2.70. The second-order valence-electron chi connectivity index (χ2n) is 5.90. The highest BCUT2D eigenvalue weighted by molar-refractivity contribution is 6.02. The molecule has 120 valence electrons. The summed E-state index contributed by atoms with van der Waals surface area (Å²) >= 11 is 0. The molecule has 5 heteroatoms. The lowest BCUT2D eigenvalue weighted by molar-refractivity contribution is 0.222. The van der Waals surface area contributed by atoms with E-state index in [0.717, 1.165) is 41.0 Å². The zero-order valence-corrected chi connectivity index (χ0v) is 13.8. The van der Waals surface area contributed by atoms with Gasteiger partial charge in [0.2, 0.25) is 0 Å². The van der Waals surface area contributed by atoms with Crippen LogP contribution in [0.25, 0.3) is 10.9 Å². The Morgan fingerprint density at radius 1 is 1.43 bits per heavy atom. The maximum absolute atomic E-state index is 5.29. The van der Waals surface area contributed by atoms with Crippen LogP contribution in [-0.4, -0.2) is 29.7 Å². The lowest BCUT2D eigenvalue weighted by Crippen LogP contribution is -2.19. The van der Waals surface area contributed by atoms with Crippen molar-refractivity contribution in [3.63, 3.8) is 0 Å². The minimum atomic E-state index is 0.316. The van der Waals surface area contributed by atoms with Crippen LogP contribution < -0.4 is 5.32 Å². The van der Waals surface area contributed by atoms with Gasteiger partial charge in [0, 0.05) is 30.1 Å². The van der Waals surface area contributed by atoms with Crippen LogP contribution >= 0.6 is 0 Å². The number of hydrogen-bond acceptors (Lipinski definition) is 3. The number of aromatic nitrogens is 2. The second kappa shape index (κ2) is 6.69. The summed E-state index contributed by atoms with van der Waals surface area (Å²) in [5.41, 5.74) is 4.36. The van der Waals surface area contributed by atoms with Gasteiger partial charge < -0.3 is 10.1 Å². The van der Waals surface area contributed by atoms with E-state index < -0.39 is 0 Å². The van der Waals surface area contributed by atoms with E-state index in [9.17, 15) is 0 Å². The van der Waals surface area contributed by atoms with E-state index >= 15 is 0 Å². The minimum absolute atomic E-state index is 0.316. The van der Waals surface area contributed by atoms with E-state index in [2.05, 4.69) is 46.5 Å². The molecule has 3 rings (SSSR count). The smallest absolute Gasteiger partial charge is 0.132 e. The Hall–Kier alpha value is -2.56. The van der Waals surface area contributed by atoms with Crippen molar-refractivity contribution in [2.75, 3.05) is 13.7 Å². The molecule has 23 heavy (non-hydrogen) atoms. The molecule has 1 unspecified atom stereocenters. The molecule has 0 bridgehead atoms. The van der Waals surface area contributed by atoms with Crippen LogP contribution in [0.1, 0.15) is 37.4 Å². The fraction of sp³-hybridized carbons (Fsp3) is 0.333. The summed E-state index contributed by atoms with van der Waals surface area (Å²) in [6, 6.07) is 6.22. The number of nitrogens with one attached hydrogen (secondary N) is 2. The number of aromatic amines is 1. The van der Waals surface area contributed by atoms with Crippen molar-refractivity contribution in [3.05, 3.63) is 53.6 Å². The van der Waals surface area contributed by atoms with Gasteiger partial charge in [-0.05, 0) is 44.5 Å². The minimum Gasteiger partial charge on any atom is -0.501 e. The van der Waals surface area contributed by atoms with E-state index in [-0.39, 0.29) is 0 Å². The van der Waals surface area contributed by atoms with Gasteiger partial charge in [0.15, 0.2) is 0 Å². The first kappa shape index (κ1) is 15.3. The number of allylic oxidation sites excluding steroid dienone is 2. The molecule has 0 spiro atoms. The van der Waals surface area contributed by atoms with Gasteiger partial charge in [-0.25, -0.2) is 0 Å². The Kier molecular flexibility index (Phi) is 4.46. The molecule has 2 aromatic rings. The summed E-state index contributed by atoms with van der Waals surface area (Å²) in [4.78, 5) is 4.36. The number of ether oxygens (including phenoxy) is 1. The van der Waals surface area contributed by atoms with Crippen molar-refractivity contribution >= 4 is 16.7 Å². The molecule has 0 saturated carbocycles. The Morgan fingerprint density at radius 3 is 3.00 bits per heavy atom. The lowest BCUT2D eigenvalue weighted by atomic mass is 9.97. The Balaban J connectivity index is 1.98. The molecule has 0 fully saturated rings. The van der Waals surface area contributed by atoms with E-state index in [1.165, 1.54) is 5.57 Å². The molecule has 1 atom stereocenters. The third kappa shape index (κ3) is 3.28. The number of aliphatic imine (C=N–C) groups is 1. The topological polar surface area (TPSA) is 62.3 Å². The molecule has 1 aliphatic rings. The van der Waals surface area contributed by atoms with Crippen LogP contribution in [0.5, 0.6) is 0 Å². The monoisotopic (exact) mass is 310 g/mol. The molecule has 1 aromatic heterocycles. The predicted molar refractivity (Wildman–Crippen MR) is 93.6 cm³/mol. The first-order valence-corrected chi connectivity index (χ1v) is 7.82. The molecular weight excluding hydrogens is 288 g/mol. The van der Waals surface area contributed by atoms with Crippen molar-refractivity contribution in [3.8, 4) is 0 Å². The van der Waals surface area contributed by atoms with Crippen LogP contribution in [-0.2, 0) is 4.74 Å². The second-order valence-corrected chi connectivity index (χ2v) is 5.90. The van der Waals surface area contributed by atoms with Gasteiger partial charge in [-0.15, -0.1) is 0 Å². The van der Waals surface area contributed by atoms with Gasteiger partial charge in [-0.2, -0.15) is 5.10 Å². The van der Waals surface area contributed by atoms with Crippen molar-refractivity contribution in [1.82, 2.24) is 15.5 Å². The Labute approximate surface area is 136 Å². The zero-order chi connectivity index (χ0) is 16.2. The van der Waals surface area contributed by atoms with Crippen molar-refractivity contribution < 1.29 is 4.74 Å². The summed E-state index contributed by atoms with van der Waals surface area (Å²) in [6.45, 7) is 4.84. The Bertz CT molecular complexity index is 781. The van der Waals surface area contributed by atoms with Crippen LogP contribution in [0.2, 0.25) is 0 Å².